The van der Waals surface area contributed by atoms with Gasteiger partial charge < -0.3 is 58.4 Å². The Morgan fingerprint density at radius 1 is 0.765 bits per heavy atom. The van der Waals surface area contributed by atoms with E-state index in [0.717, 1.165) is 16.5 Å². The lowest BCUT2D eigenvalue weighted by atomic mass is 10.0. The van der Waals surface area contributed by atoms with Crippen LogP contribution in [0, 0.1) is 0 Å². The van der Waals surface area contributed by atoms with Crippen molar-refractivity contribution in [1.82, 2.24) is 31.6 Å². The van der Waals surface area contributed by atoms with Crippen LogP contribution in [-0.4, -0.2) is 111 Å². The van der Waals surface area contributed by atoms with Crippen LogP contribution in [0.15, 0.2) is 60.8 Å². The minimum absolute atomic E-state index is 0.144. The van der Waals surface area contributed by atoms with Crippen molar-refractivity contribution in [2.45, 2.75) is 75.5 Å². The summed E-state index contributed by atoms with van der Waals surface area (Å²) >= 11 is 0. The summed E-state index contributed by atoms with van der Waals surface area (Å²) in [7, 11) is 0. The van der Waals surface area contributed by atoms with Gasteiger partial charge in [0, 0.05) is 23.5 Å². The number of benzene rings is 2. The predicted octanol–water partition coefficient (Wildman–Crippen LogP) is -3.03. The summed E-state index contributed by atoms with van der Waals surface area (Å²) in [4.78, 5) is 80.6. The van der Waals surface area contributed by atoms with E-state index in [9.17, 15) is 44.1 Å². The van der Waals surface area contributed by atoms with Gasteiger partial charge in [-0.3, -0.25) is 28.8 Å². The lowest BCUT2D eigenvalue weighted by molar-refractivity contribution is -0.136. The van der Waals surface area contributed by atoms with Gasteiger partial charge in [0.25, 0.3) is 0 Å². The normalized spacial score (nSPS) is 15.3. The van der Waals surface area contributed by atoms with Crippen molar-refractivity contribution in [3.8, 4) is 0 Å². The standard InChI is InChI=1S/C34H46N8O9/c1-18(44)27(17-43)41-34(51)30(19(2)45)42-33(50)25(13-21-15-37-24-11-7-6-10-22(21)24)40-32(49)26(14-28(36)46)39-29(47)16-38-31(48)23(35)12-20-8-4-3-5-9-20/h3-11,15,18-19,23,25-27,30,37,43-45H,12-14,16-17,35H2,1-2H3,(H2,36,46)(H,38,48)(H,39,47)(H,40,49)(H,41,51)(H,42,50)/t18-,19-,23+,25+,26+,27-,30+/m1/s1. The fourth-order valence-corrected chi connectivity index (χ4v) is 5.17. The second kappa shape index (κ2) is 19.1. The van der Waals surface area contributed by atoms with Crippen molar-refractivity contribution in [2.75, 3.05) is 13.2 Å². The third-order valence-electron chi connectivity index (χ3n) is 8.02. The third kappa shape index (κ3) is 12.2. The Balaban J connectivity index is 1.77. The van der Waals surface area contributed by atoms with Crippen LogP contribution in [0.4, 0.5) is 0 Å². The van der Waals surface area contributed by atoms with Gasteiger partial charge in [-0.05, 0) is 37.5 Å². The number of nitrogens with one attached hydrogen (secondary N) is 6. The molecule has 6 amide bonds. The van der Waals surface area contributed by atoms with Crippen LogP contribution in [0.2, 0.25) is 0 Å². The first kappa shape index (κ1) is 40.1. The number of nitrogens with two attached hydrogens (primary N) is 2. The third-order valence-corrected chi connectivity index (χ3v) is 8.02. The molecule has 3 aromatic rings. The number of aliphatic hydroxyl groups is 3. The van der Waals surface area contributed by atoms with E-state index in [-0.39, 0.29) is 12.8 Å². The molecule has 0 aliphatic carbocycles. The van der Waals surface area contributed by atoms with Gasteiger partial charge in [-0.2, -0.15) is 0 Å². The number of aromatic amines is 1. The molecular weight excluding hydrogens is 664 g/mol. The van der Waals surface area contributed by atoms with Crippen LogP contribution in [0.3, 0.4) is 0 Å². The van der Waals surface area contributed by atoms with Crippen LogP contribution in [0.5, 0.6) is 0 Å². The summed E-state index contributed by atoms with van der Waals surface area (Å²) in [5, 5.41) is 42.4. The zero-order valence-electron chi connectivity index (χ0n) is 28.3. The van der Waals surface area contributed by atoms with Crippen molar-refractivity contribution < 1.29 is 44.1 Å². The van der Waals surface area contributed by atoms with Crippen molar-refractivity contribution in [2.24, 2.45) is 11.5 Å². The summed E-state index contributed by atoms with van der Waals surface area (Å²) in [5.41, 5.74) is 13.5. The van der Waals surface area contributed by atoms with Gasteiger partial charge >= 0.3 is 0 Å². The molecule has 0 aliphatic heterocycles. The number of primary amides is 1. The zero-order valence-corrected chi connectivity index (χ0v) is 28.3. The summed E-state index contributed by atoms with van der Waals surface area (Å²) in [5.74, 6) is -5.25. The van der Waals surface area contributed by atoms with Crippen molar-refractivity contribution >= 4 is 46.3 Å². The van der Waals surface area contributed by atoms with Gasteiger partial charge in [0.05, 0.1) is 43.9 Å². The van der Waals surface area contributed by atoms with E-state index < -0.39 is 97.4 Å². The first-order valence-corrected chi connectivity index (χ1v) is 16.3. The maximum absolute atomic E-state index is 13.7. The first-order valence-electron chi connectivity index (χ1n) is 16.3. The van der Waals surface area contributed by atoms with E-state index in [1.54, 1.807) is 54.7 Å². The lowest BCUT2D eigenvalue weighted by Crippen LogP contribution is -2.61. The predicted molar refractivity (Wildman–Crippen MR) is 185 cm³/mol. The second-order valence-corrected chi connectivity index (χ2v) is 12.2. The number of amides is 6. The molecule has 17 nitrogen and oxygen atoms in total. The minimum Gasteiger partial charge on any atom is -0.394 e. The van der Waals surface area contributed by atoms with Gasteiger partial charge in [-0.25, -0.2) is 0 Å². The first-order chi connectivity index (χ1) is 24.2. The molecule has 13 N–H and O–H groups in total. The number of para-hydroxylation sites is 1. The summed E-state index contributed by atoms with van der Waals surface area (Å²) in [6.07, 6.45) is -1.59. The van der Waals surface area contributed by atoms with Crippen LogP contribution >= 0.6 is 0 Å². The van der Waals surface area contributed by atoms with E-state index in [4.69, 9.17) is 11.5 Å². The number of carbonyl (C=O) groups is 6. The van der Waals surface area contributed by atoms with Crippen LogP contribution in [0.25, 0.3) is 10.9 Å². The molecule has 1 heterocycles. The number of hydrogen-bond donors (Lipinski definition) is 11. The highest BCUT2D eigenvalue weighted by Crippen LogP contribution is 2.19. The Morgan fingerprint density at radius 2 is 1.41 bits per heavy atom. The molecule has 0 unspecified atom stereocenters. The van der Waals surface area contributed by atoms with Crippen molar-refractivity contribution in [3.05, 3.63) is 71.9 Å². The van der Waals surface area contributed by atoms with E-state index in [0.29, 0.717) is 5.56 Å². The average molecular weight is 711 g/mol. The Bertz CT molecular complexity index is 1660. The number of carbonyl (C=O) groups excluding carboxylic acids is 6. The van der Waals surface area contributed by atoms with Gasteiger partial charge in [-0.1, -0.05) is 48.5 Å². The molecule has 0 spiro atoms. The van der Waals surface area contributed by atoms with Crippen LogP contribution < -0.4 is 38.1 Å². The van der Waals surface area contributed by atoms with Crippen LogP contribution in [0.1, 0.15) is 31.4 Å². The van der Waals surface area contributed by atoms with E-state index >= 15 is 0 Å². The molecule has 0 bridgehead atoms. The Kier molecular flexibility index (Phi) is 15.0. The zero-order chi connectivity index (χ0) is 37.7. The lowest BCUT2D eigenvalue weighted by Gasteiger charge is -2.28. The molecule has 0 fully saturated rings. The molecule has 1 aromatic heterocycles. The largest absolute Gasteiger partial charge is 0.394 e. The Labute approximate surface area is 293 Å². The Morgan fingerprint density at radius 3 is 2.04 bits per heavy atom. The topological polar surface area (TPSA) is 291 Å². The molecule has 0 saturated carbocycles. The summed E-state index contributed by atoms with van der Waals surface area (Å²) in [6.45, 7) is 1.36. The number of aromatic nitrogens is 1. The highest BCUT2D eigenvalue weighted by atomic mass is 16.3. The molecule has 2 aromatic carbocycles. The molecule has 0 radical (unpaired) electrons. The van der Waals surface area contributed by atoms with Gasteiger partial charge in [0.2, 0.25) is 35.4 Å². The minimum atomic E-state index is -1.58. The smallest absolute Gasteiger partial charge is 0.245 e. The highest BCUT2D eigenvalue weighted by molar-refractivity contribution is 5.97. The molecule has 0 aliphatic rings. The number of hydrogen-bond acceptors (Lipinski definition) is 10. The number of aliphatic hydroxyl groups excluding tert-OH is 3. The van der Waals surface area contributed by atoms with Crippen molar-refractivity contribution in [1.29, 1.82) is 0 Å². The highest BCUT2D eigenvalue weighted by Gasteiger charge is 2.34. The molecule has 7 atom stereocenters. The van der Waals surface area contributed by atoms with Gasteiger partial charge in [-0.15, -0.1) is 0 Å². The quantitative estimate of drug-likeness (QED) is 0.0598. The number of H-pyrrole nitrogens is 1. The second-order valence-electron chi connectivity index (χ2n) is 12.2. The summed E-state index contributed by atoms with van der Waals surface area (Å²) < 4.78 is 0. The maximum Gasteiger partial charge on any atom is 0.245 e. The fourth-order valence-electron chi connectivity index (χ4n) is 5.17. The van der Waals surface area contributed by atoms with Gasteiger partial charge in [0.15, 0.2) is 0 Å². The Hall–Kier alpha value is -5.36. The van der Waals surface area contributed by atoms with Gasteiger partial charge in [0.1, 0.15) is 18.1 Å². The monoisotopic (exact) mass is 710 g/mol. The van der Waals surface area contributed by atoms with Crippen LogP contribution in [-0.2, 0) is 41.6 Å². The fraction of sp³-hybridized carbons (Fsp3) is 0.412. The van der Waals surface area contributed by atoms with E-state index in [2.05, 4.69) is 31.6 Å². The average Bonchev–Trinajstić information content (AvgIpc) is 3.50. The molecule has 276 valence electrons. The number of fused-ring (bicyclic) bond motifs is 1. The number of rotatable bonds is 19. The van der Waals surface area contributed by atoms with Crippen molar-refractivity contribution in [3.63, 3.8) is 0 Å². The maximum atomic E-state index is 13.7. The summed E-state index contributed by atoms with van der Waals surface area (Å²) in [6, 6.07) is 9.48. The molecule has 3 rings (SSSR count). The molecule has 51 heavy (non-hydrogen) atoms. The van der Waals surface area contributed by atoms with E-state index in [1.807, 2.05) is 6.07 Å². The van der Waals surface area contributed by atoms with E-state index in [1.165, 1.54) is 13.8 Å². The SMILES string of the molecule is C[C@@H](O)[C@H](NC(=O)[C@H](Cc1c[nH]c2ccccc12)NC(=O)[C@H](CC(N)=O)NC(=O)CNC(=O)[C@@H](N)Cc1ccccc1)C(=O)N[C@H](CO)[C@@H](C)O. The molecule has 17 heteroatoms. The molecule has 0 saturated heterocycles. The molecular formula is C34H46N8O9.